The van der Waals surface area contributed by atoms with Gasteiger partial charge in [0.2, 0.25) is 0 Å². The molecule has 1 aliphatic heterocycles. The average Bonchev–Trinajstić information content (AvgIpc) is 2.08. The molecule has 13 heavy (non-hydrogen) atoms. The summed E-state index contributed by atoms with van der Waals surface area (Å²) in [5, 5.41) is 0. The highest BCUT2D eigenvalue weighted by Gasteiger charge is 2.34. The minimum absolute atomic E-state index is 0.175. The van der Waals surface area contributed by atoms with Gasteiger partial charge in [0, 0.05) is 6.04 Å². The predicted octanol–water partition coefficient (Wildman–Crippen LogP) is 2.08. The number of nitrogens with zero attached hydrogens (tertiary/aromatic N) is 1. The molecule has 2 nitrogen and oxygen atoms in total. The molecule has 0 aromatic carbocycles. The number of likely N-dealkylation sites (tertiary alicyclic amines) is 1. The molecule has 0 N–H and O–H groups in total. The van der Waals surface area contributed by atoms with Crippen molar-refractivity contribution in [2.24, 2.45) is 5.92 Å². The summed E-state index contributed by atoms with van der Waals surface area (Å²) < 4.78 is 0. The molecule has 76 valence electrons. The molecule has 1 saturated heterocycles. The molecular formula is C11H21NO. The second kappa shape index (κ2) is 4.23. The fraction of sp³-hybridized carbons (Fsp3) is 0.909. The molecule has 2 heteroatoms. The van der Waals surface area contributed by atoms with E-state index in [-0.39, 0.29) is 6.04 Å². The highest BCUT2D eigenvalue weighted by Crippen LogP contribution is 2.29. The van der Waals surface area contributed by atoms with E-state index < -0.39 is 0 Å². The molecule has 0 bridgehead atoms. The van der Waals surface area contributed by atoms with Gasteiger partial charge in [-0.3, -0.25) is 9.69 Å². The molecule has 0 saturated carbocycles. The lowest BCUT2D eigenvalue weighted by atomic mass is 9.83. The van der Waals surface area contributed by atoms with Crippen molar-refractivity contribution < 1.29 is 4.79 Å². The predicted molar refractivity (Wildman–Crippen MR) is 54.7 cm³/mol. The molecule has 0 spiro atoms. The molecule has 1 heterocycles. The Morgan fingerprint density at radius 2 is 2.08 bits per heavy atom. The SMILES string of the molecule is CCC1CCC(C)N(C)C1C(C)=O. The maximum Gasteiger partial charge on any atom is 0.147 e. The number of Topliss-reactive ketones (excluding diaryl/α,β-unsaturated/α-hetero) is 1. The van der Waals surface area contributed by atoms with Gasteiger partial charge < -0.3 is 0 Å². The monoisotopic (exact) mass is 183 g/mol. The van der Waals surface area contributed by atoms with E-state index >= 15 is 0 Å². The first-order chi connectivity index (χ1) is 6.07. The minimum Gasteiger partial charge on any atom is -0.298 e. The Hall–Kier alpha value is -0.370. The molecular weight excluding hydrogens is 162 g/mol. The molecule has 0 aliphatic carbocycles. The number of carbonyl (C=O) groups is 1. The van der Waals surface area contributed by atoms with Crippen molar-refractivity contribution in [1.29, 1.82) is 0 Å². The van der Waals surface area contributed by atoms with Gasteiger partial charge in [0.25, 0.3) is 0 Å². The van der Waals surface area contributed by atoms with Gasteiger partial charge in [0.1, 0.15) is 5.78 Å². The molecule has 1 aliphatic rings. The number of carbonyl (C=O) groups excluding carboxylic acids is 1. The Morgan fingerprint density at radius 3 is 2.54 bits per heavy atom. The van der Waals surface area contributed by atoms with Gasteiger partial charge >= 0.3 is 0 Å². The Bertz CT molecular complexity index is 189. The second-order valence-electron chi connectivity index (χ2n) is 4.32. The van der Waals surface area contributed by atoms with E-state index in [2.05, 4.69) is 25.8 Å². The van der Waals surface area contributed by atoms with Gasteiger partial charge in [-0.1, -0.05) is 13.3 Å². The normalized spacial score (nSPS) is 36.2. The van der Waals surface area contributed by atoms with Crippen molar-refractivity contribution in [2.45, 2.75) is 52.1 Å². The zero-order chi connectivity index (χ0) is 10.0. The van der Waals surface area contributed by atoms with E-state index in [9.17, 15) is 4.79 Å². The molecule has 0 amide bonds. The average molecular weight is 183 g/mol. The van der Waals surface area contributed by atoms with Crippen molar-refractivity contribution in [3.63, 3.8) is 0 Å². The number of hydrogen-bond donors (Lipinski definition) is 0. The summed E-state index contributed by atoms with van der Waals surface area (Å²) in [4.78, 5) is 13.7. The van der Waals surface area contributed by atoms with Crippen LogP contribution in [0.4, 0.5) is 0 Å². The Labute approximate surface area is 81.3 Å². The standard InChI is InChI=1S/C11H21NO/c1-5-10-7-6-8(2)12(4)11(10)9(3)13/h8,10-11H,5-7H2,1-4H3. The number of rotatable bonds is 2. The summed E-state index contributed by atoms with van der Waals surface area (Å²) in [6.45, 7) is 6.12. The lowest BCUT2D eigenvalue weighted by Crippen LogP contribution is -2.50. The molecule has 1 rings (SSSR count). The zero-order valence-electron chi connectivity index (χ0n) is 9.21. The molecule has 0 aromatic heterocycles. The van der Waals surface area contributed by atoms with Crippen LogP contribution in [0.1, 0.15) is 40.0 Å². The van der Waals surface area contributed by atoms with Crippen molar-refractivity contribution in [1.82, 2.24) is 4.90 Å². The van der Waals surface area contributed by atoms with Gasteiger partial charge in [-0.2, -0.15) is 0 Å². The summed E-state index contributed by atoms with van der Waals surface area (Å²) in [5.74, 6) is 0.916. The van der Waals surface area contributed by atoms with Crippen molar-refractivity contribution in [2.75, 3.05) is 7.05 Å². The lowest BCUT2D eigenvalue weighted by Gasteiger charge is -2.41. The van der Waals surface area contributed by atoms with E-state index in [0.717, 1.165) is 6.42 Å². The number of ketones is 1. The highest BCUT2D eigenvalue weighted by molar-refractivity contribution is 5.81. The zero-order valence-corrected chi connectivity index (χ0v) is 9.21. The van der Waals surface area contributed by atoms with Crippen LogP contribution in [0, 0.1) is 5.92 Å². The molecule has 0 radical (unpaired) electrons. The fourth-order valence-electron chi connectivity index (χ4n) is 2.47. The smallest absolute Gasteiger partial charge is 0.147 e. The largest absolute Gasteiger partial charge is 0.298 e. The van der Waals surface area contributed by atoms with Crippen LogP contribution in [0.2, 0.25) is 0 Å². The van der Waals surface area contributed by atoms with Crippen LogP contribution in [0.25, 0.3) is 0 Å². The molecule has 0 aromatic rings. The first-order valence-corrected chi connectivity index (χ1v) is 5.30. The summed E-state index contributed by atoms with van der Waals surface area (Å²) >= 11 is 0. The molecule has 3 atom stereocenters. The third kappa shape index (κ3) is 2.11. The fourth-order valence-corrected chi connectivity index (χ4v) is 2.47. The number of piperidine rings is 1. The van der Waals surface area contributed by atoms with E-state index in [4.69, 9.17) is 0 Å². The van der Waals surface area contributed by atoms with Crippen LogP contribution in [0.3, 0.4) is 0 Å². The van der Waals surface area contributed by atoms with Gasteiger partial charge in [-0.15, -0.1) is 0 Å². The summed E-state index contributed by atoms with van der Waals surface area (Å²) in [6.07, 6.45) is 3.58. The first kappa shape index (κ1) is 10.7. The quantitative estimate of drug-likeness (QED) is 0.653. The Kier molecular flexibility index (Phi) is 3.48. The molecule has 1 fully saturated rings. The summed E-state index contributed by atoms with van der Waals surface area (Å²) in [7, 11) is 2.08. The van der Waals surface area contributed by atoms with Crippen LogP contribution in [0.5, 0.6) is 0 Å². The van der Waals surface area contributed by atoms with Crippen LogP contribution < -0.4 is 0 Å². The maximum atomic E-state index is 11.5. The van der Waals surface area contributed by atoms with Crippen LogP contribution >= 0.6 is 0 Å². The van der Waals surface area contributed by atoms with Crippen molar-refractivity contribution in [3.8, 4) is 0 Å². The van der Waals surface area contributed by atoms with E-state index in [1.54, 1.807) is 6.92 Å². The molecule has 3 unspecified atom stereocenters. The number of hydrogen-bond acceptors (Lipinski definition) is 2. The van der Waals surface area contributed by atoms with Crippen LogP contribution in [0.15, 0.2) is 0 Å². The Balaban J connectivity index is 2.74. The third-order valence-corrected chi connectivity index (χ3v) is 3.48. The number of likely N-dealkylation sites (N-methyl/N-ethyl adjacent to an activating group) is 1. The minimum atomic E-state index is 0.175. The van der Waals surface area contributed by atoms with E-state index in [1.165, 1.54) is 12.8 Å². The topological polar surface area (TPSA) is 20.3 Å². The van der Waals surface area contributed by atoms with Gasteiger partial charge in [-0.25, -0.2) is 0 Å². The van der Waals surface area contributed by atoms with Gasteiger partial charge in [-0.05, 0) is 39.7 Å². The van der Waals surface area contributed by atoms with Crippen molar-refractivity contribution >= 4 is 5.78 Å². The van der Waals surface area contributed by atoms with Crippen LogP contribution in [-0.4, -0.2) is 29.8 Å². The Morgan fingerprint density at radius 1 is 1.46 bits per heavy atom. The highest BCUT2D eigenvalue weighted by atomic mass is 16.1. The first-order valence-electron chi connectivity index (χ1n) is 5.30. The lowest BCUT2D eigenvalue weighted by molar-refractivity contribution is -0.126. The van der Waals surface area contributed by atoms with Gasteiger partial charge in [0.05, 0.1) is 6.04 Å². The summed E-state index contributed by atoms with van der Waals surface area (Å²) in [6, 6.07) is 0.741. The second-order valence-corrected chi connectivity index (χ2v) is 4.32. The van der Waals surface area contributed by atoms with Gasteiger partial charge in [0.15, 0.2) is 0 Å². The summed E-state index contributed by atoms with van der Waals surface area (Å²) in [5.41, 5.74) is 0. The third-order valence-electron chi connectivity index (χ3n) is 3.48. The van der Waals surface area contributed by atoms with Crippen molar-refractivity contribution in [3.05, 3.63) is 0 Å². The van der Waals surface area contributed by atoms with Crippen LogP contribution in [-0.2, 0) is 4.79 Å². The van der Waals surface area contributed by atoms with E-state index in [1.807, 2.05) is 0 Å². The van der Waals surface area contributed by atoms with E-state index in [0.29, 0.717) is 17.7 Å². The maximum absolute atomic E-state index is 11.5.